The molecule has 0 saturated heterocycles. The van der Waals surface area contributed by atoms with Crippen LogP contribution in [0.4, 0.5) is 0 Å². The van der Waals surface area contributed by atoms with Crippen LogP contribution < -0.4 is 0 Å². The fourth-order valence-electron chi connectivity index (χ4n) is 8.22. The maximum absolute atomic E-state index is 12.8. The number of ether oxygens (including phenoxy) is 3. The SMILES string of the molecule is CC/C=C\C/C=C\C/C=C\C/C=C\C/C=C\C/C=C\C/C=C\C/C=C\CCCCCCCCC(=O)OCC(COC(=O)CCCCCCCCCC)OC(=O)CCCCCCC/C=C\CCCCCCCCC. The van der Waals surface area contributed by atoms with E-state index >= 15 is 0 Å². The zero-order valence-corrected chi connectivity index (χ0v) is 47.6. The van der Waals surface area contributed by atoms with Crippen molar-refractivity contribution in [2.45, 2.75) is 284 Å². The first kappa shape index (κ1) is 69.1. The van der Waals surface area contributed by atoms with Crippen LogP contribution in [0.25, 0.3) is 0 Å². The van der Waals surface area contributed by atoms with Crippen LogP contribution in [-0.4, -0.2) is 37.2 Å². The van der Waals surface area contributed by atoms with Crippen molar-refractivity contribution in [3.05, 3.63) is 109 Å². The Labute approximate surface area is 450 Å². The van der Waals surface area contributed by atoms with E-state index in [1.807, 2.05) is 0 Å². The molecule has 0 spiro atoms. The molecule has 73 heavy (non-hydrogen) atoms. The van der Waals surface area contributed by atoms with Gasteiger partial charge in [-0.05, 0) is 109 Å². The van der Waals surface area contributed by atoms with Crippen LogP contribution in [0.3, 0.4) is 0 Å². The summed E-state index contributed by atoms with van der Waals surface area (Å²) in [6.07, 6.45) is 82.4. The quantitative estimate of drug-likeness (QED) is 0.0261. The fraction of sp³-hybridized carbons (Fsp3) is 0.687. The fourth-order valence-corrected chi connectivity index (χ4v) is 8.22. The second-order valence-electron chi connectivity index (χ2n) is 19.9. The number of unbranched alkanes of at least 4 members (excludes halogenated alkanes) is 25. The van der Waals surface area contributed by atoms with Crippen molar-refractivity contribution < 1.29 is 28.6 Å². The van der Waals surface area contributed by atoms with E-state index in [0.29, 0.717) is 19.3 Å². The van der Waals surface area contributed by atoms with Crippen LogP contribution in [0.2, 0.25) is 0 Å². The molecule has 0 heterocycles. The third-order valence-corrected chi connectivity index (χ3v) is 12.8. The highest BCUT2D eigenvalue weighted by atomic mass is 16.6. The van der Waals surface area contributed by atoms with Gasteiger partial charge in [-0.2, -0.15) is 0 Å². The van der Waals surface area contributed by atoms with Gasteiger partial charge in [-0.15, -0.1) is 0 Å². The number of rotatable bonds is 54. The van der Waals surface area contributed by atoms with Crippen molar-refractivity contribution in [3.8, 4) is 0 Å². The summed E-state index contributed by atoms with van der Waals surface area (Å²) in [4.78, 5) is 38.0. The van der Waals surface area contributed by atoms with Crippen LogP contribution >= 0.6 is 0 Å². The Balaban J connectivity index is 4.23. The summed E-state index contributed by atoms with van der Waals surface area (Å²) in [5.74, 6) is -0.911. The van der Waals surface area contributed by atoms with Gasteiger partial charge in [0.2, 0.25) is 0 Å². The highest BCUT2D eigenvalue weighted by Gasteiger charge is 2.19. The lowest BCUT2D eigenvalue weighted by molar-refractivity contribution is -0.167. The molecule has 0 N–H and O–H groups in total. The zero-order valence-electron chi connectivity index (χ0n) is 47.6. The molecule has 0 aromatic rings. The molecule has 0 rings (SSSR count). The van der Waals surface area contributed by atoms with Crippen LogP contribution in [0, 0.1) is 0 Å². The van der Waals surface area contributed by atoms with E-state index in [9.17, 15) is 14.4 Å². The third-order valence-electron chi connectivity index (χ3n) is 12.8. The summed E-state index contributed by atoms with van der Waals surface area (Å²) < 4.78 is 16.8. The van der Waals surface area contributed by atoms with E-state index in [1.54, 1.807) is 0 Å². The Morgan fingerprint density at radius 1 is 0.288 bits per heavy atom. The molecular formula is C67H112O6. The average molecular weight is 1010 g/mol. The number of carbonyl (C=O) groups is 3. The Bertz CT molecular complexity index is 1490. The minimum absolute atomic E-state index is 0.0850. The maximum atomic E-state index is 12.8. The summed E-state index contributed by atoms with van der Waals surface area (Å²) in [6, 6.07) is 0. The molecule has 0 aliphatic heterocycles. The molecule has 0 amide bonds. The molecule has 6 heteroatoms. The molecule has 0 fully saturated rings. The van der Waals surface area contributed by atoms with Gasteiger partial charge in [0, 0.05) is 19.3 Å². The standard InChI is InChI=1S/C67H112O6/c1-4-7-10-13-16-19-21-23-25-27-28-29-30-31-32-33-34-35-36-37-38-39-40-41-43-44-46-48-51-54-57-60-66(69)72-63-64(62-71-65(68)59-56-53-50-18-15-12-9-6-3)73-67(70)61-58-55-52-49-47-45-42-26-24-22-20-17-14-11-8-5-2/h7,10,16,19,23,25-26,28-29,31-32,34-35,37-38,40-42,64H,4-6,8-9,11-15,17-18,20-22,24,27,30,33,36,39,43-63H2,1-3H3/b10-7-,19-16-,25-23-,29-28-,32-31-,35-34-,38-37-,41-40-,42-26-. The average Bonchev–Trinajstić information content (AvgIpc) is 3.39. The normalized spacial score (nSPS) is 12.9. The summed E-state index contributed by atoms with van der Waals surface area (Å²) in [6.45, 7) is 6.48. The van der Waals surface area contributed by atoms with Crippen molar-refractivity contribution in [1.82, 2.24) is 0 Å². The van der Waals surface area contributed by atoms with Gasteiger partial charge in [0.25, 0.3) is 0 Å². The van der Waals surface area contributed by atoms with Crippen LogP contribution in [0.15, 0.2) is 109 Å². The molecule has 0 aliphatic rings. The summed E-state index contributed by atoms with van der Waals surface area (Å²) in [5, 5.41) is 0. The molecular weight excluding hydrogens is 901 g/mol. The maximum Gasteiger partial charge on any atom is 0.306 e. The van der Waals surface area contributed by atoms with Crippen LogP contribution in [0.5, 0.6) is 0 Å². The lowest BCUT2D eigenvalue weighted by atomic mass is 10.1. The molecule has 0 saturated carbocycles. The Morgan fingerprint density at radius 3 is 0.849 bits per heavy atom. The van der Waals surface area contributed by atoms with E-state index in [0.717, 1.165) is 135 Å². The first-order chi connectivity index (χ1) is 36.0. The number of carbonyl (C=O) groups excluding carboxylic acids is 3. The van der Waals surface area contributed by atoms with Crippen molar-refractivity contribution in [1.29, 1.82) is 0 Å². The molecule has 0 aromatic carbocycles. The van der Waals surface area contributed by atoms with Gasteiger partial charge < -0.3 is 14.2 Å². The number of hydrogen-bond donors (Lipinski definition) is 0. The Morgan fingerprint density at radius 2 is 0.534 bits per heavy atom. The molecule has 1 unspecified atom stereocenters. The number of esters is 3. The minimum Gasteiger partial charge on any atom is -0.462 e. The van der Waals surface area contributed by atoms with Gasteiger partial charge >= 0.3 is 17.9 Å². The van der Waals surface area contributed by atoms with Crippen LogP contribution in [-0.2, 0) is 28.6 Å². The molecule has 0 aliphatic carbocycles. The lowest BCUT2D eigenvalue weighted by Gasteiger charge is -2.18. The zero-order chi connectivity index (χ0) is 52.9. The van der Waals surface area contributed by atoms with Crippen molar-refractivity contribution in [3.63, 3.8) is 0 Å². The predicted octanol–water partition coefficient (Wildman–Crippen LogP) is 20.7. The smallest absolute Gasteiger partial charge is 0.306 e. The van der Waals surface area contributed by atoms with Crippen molar-refractivity contribution in [2.24, 2.45) is 0 Å². The second kappa shape index (κ2) is 60.6. The van der Waals surface area contributed by atoms with E-state index in [1.165, 1.54) is 103 Å². The Hall–Kier alpha value is -3.93. The molecule has 0 bridgehead atoms. The van der Waals surface area contributed by atoms with E-state index in [2.05, 4.69) is 130 Å². The first-order valence-electron chi connectivity index (χ1n) is 30.4. The third kappa shape index (κ3) is 58.8. The van der Waals surface area contributed by atoms with Gasteiger partial charge in [-0.3, -0.25) is 14.4 Å². The van der Waals surface area contributed by atoms with Gasteiger partial charge in [0.1, 0.15) is 13.2 Å². The largest absolute Gasteiger partial charge is 0.462 e. The molecule has 1 atom stereocenters. The number of hydrogen-bond acceptors (Lipinski definition) is 6. The lowest BCUT2D eigenvalue weighted by Crippen LogP contribution is -2.30. The summed E-state index contributed by atoms with van der Waals surface area (Å²) in [7, 11) is 0. The topological polar surface area (TPSA) is 78.9 Å². The highest BCUT2D eigenvalue weighted by molar-refractivity contribution is 5.71. The summed E-state index contributed by atoms with van der Waals surface area (Å²) >= 11 is 0. The van der Waals surface area contributed by atoms with Gasteiger partial charge in [0.15, 0.2) is 6.10 Å². The van der Waals surface area contributed by atoms with Crippen molar-refractivity contribution in [2.75, 3.05) is 13.2 Å². The molecule has 6 nitrogen and oxygen atoms in total. The highest BCUT2D eigenvalue weighted by Crippen LogP contribution is 2.15. The minimum atomic E-state index is -0.787. The summed E-state index contributed by atoms with van der Waals surface area (Å²) in [5.41, 5.74) is 0. The molecule has 0 radical (unpaired) electrons. The monoisotopic (exact) mass is 1010 g/mol. The van der Waals surface area contributed by atoms with Gasteiger partial charge in [-0.1, -0.05) is 259 Å². The van der Waals surface area contributed by atoms with Gasteiger partial charge in [-0.25, -0.2) is 0 Å². The van der Waals surface area contributed by atoms with E-state index in [4.69, 9.17) is 14.2 Å². The second-order valence-corrected chi connectivity index (χ2v) is 19.9. The molecule has 0 aromatic heterocycles. The first-order valence-corrected chi connectivity index (χ1v) is 30.4. The van der Waals surface area contributed by atoms with E-state index in [-0.39, 0.29) is 31.1 Å². The molecule has 416 valence electrons. The van der Waals surface area contributed by atoms with Crippen LogP contribution in [0.1, 0.15) is 278 Å². The predicted molar refractivity (Wildman–Crippen MR) is 316 cm³/mol. The Kier molecular flexibility index (Phi) is 57.4. The van der Waals surface area contributed by atoms with Crippen molar-refractivity contribution >= 4 is 17.9 Å². The van der Waals surface area contributed by atoms with Gasteiger partial charge in [0.05, 0.1) is 0 Å². The van der Waals surface area contributed by atoms with E-state index < -0.39 is 6.10 Å². The number of allylic oxidation sites excluding steroid dienone is 18.